The second kappa shape index (κ2) is 35.2. The van der Waals surface area contributed by atoms with Crippen LogP contribution in [-0.4, -0.2) is 282 Å². The maximum atomic E-state index is 15.7. The summed E-state index contributed by atoms with van der Waals surface area (Å²) in [6, 6.07) is -10.2. The van der Waals surface area contributed by atoms with Gasteiger partial charge in [0, 0.05) is 76.5 Å². The molecule has 29 heteroatoms. The molecule has 2 N–H and O–H groups in total. The summed E-state index contributed by atoms with van der Waals surface area (Å²) >= 11 is 0. The predicted octanol–water partition coefficient (Wildman–Crippen LogP) is 6.14. The SMILES string of the molecule is CC[C@H](C)[C@@H]1NC(=O)[C@H](CC2CC2)N(C)C(=O)C[C@@H](C(=O)N(C)C)N(C)C(=O)[C@H](C2CCCC2)N(C)C(=O)C2(CCC2)N(C)C(=O)[C@@H]2C[C@@H](C)CN2C(=O)[C@H](CCC2CC(F)C(C(F)(F)F)C(F)C2)NC(=O)CN(C)C(=O)[C@H](CC2CCC(C)CC2)N2CC/C=C\C[C@@H](C2=O)N(C)C(=O)CN(C)C1=O. The van der Waals surface area contributed by atoms with Gasteiger partial charge in [0.05, 0.1) is 19.5 Å². The van der Waals surface area contributed by atoms with Gasteiger partial charge < -0.3 is 59.6 Å². The predicted molar refractivity (Wildman–Crippen MR) is 377 cm³/mol. The van der Waals surface area contributed by atoms with Crippen molar-refractivity contribution in [3.05, 3.63) is 12.2 Å². The number of nitrogens with zero attached hydrogens (tertiary/aromatic N) is 10. The zero-order valence-electron chi connectivity index (χ0n) is 63.6. The minimum absolute atomic E-state index is 0.0270. The van der Waals surface area contributed by atoms with Crippen LogP contribution >= 0.6 is 0 Å². The van der Waals surface area contributed by atoms with Crippen LogP contribution in [0.4, 0.5) is 22.0 Å². The van der Waals surface area contributed by atoms with E-state index in [4.69, 9.17) is 0 Å². The number of nitrogens with one attached hydrogen (secondary N) is 2. The summed E-state index contributed by atoms with van der Waals surface area (Å²) in [5.74, 6) is -12.7. The third kappa shape index (κ3) is 19.0. The first-order valence-corrected chi connectivity index (χ1v) is 38.2. The number of fused-ring (bicyclic) bond motifs is 3. The van der Waals surface area contributed by atoms with Gasteiger partial charge >= 0.3 is 6.18 Å². The highest BCUT2D eigenvalue weighted by atomic mass is 19.4. The molecular formula is C75H117F5N12O12. The van der Waals surface area contributed by atoms with Crippen molar-refractivity contribution in [2.75, 3.05) is 89.6 Å². The largest absolute Gasteiger partial charge is 0.397 e. The highest BCUT2D eigenvalue weighted by molar-refractivity contribution is 6.01. The van der Waals surface area contributed by atoms with Crippen molar-refractivity contribution in [2.24, 2.45) is 47.3 Å². The highest BCUT2D eigenvalue weighted by Crippen LogP contribution is 2.46. The van der Waals surface area contributed by atoms with Gasteiger partial charge in [-0.3, -0.25) is 57.5 Å². The average Bonchev–Trinajstić information content (AvgIpc) is 1.03. The molecule has 5 aliphatic carbocycles. The van der Waals surface area contributed by atoms with Gasteiger partial charge in [0.15, 0.2) is 0 Å². The molecule has 0 radical (unpaired) electrons. The number of hydrogen-bond donors (Lipinski definition) is 2. The number of likely N-dealkylation sites (N-methyl/N-ethyl adjacent to an activating group) is 8. The molecule has 2 saturated heterocycles. The van der Waals surface area contributed by atoms with Gasteiger partial charge in [0.2, 0.25) is 70.9 Å². The van der Waals surface area contributed by atoms with E-state index in [0.717, 1.165) is 56.3 Å². The topological polar surface area (TPSA) is 261 Å². The van der Waals surface area contributed by atoms with Gasteiger partial charge in [-0.1, -0.05) is 97.6 Å². The molecule has 7 fully saturated rings. The van der Waals surface area contributed by atoms with Crippen molar-refractivity contribution in [3.8, 4) is 0 Å². The summed E-state index contributed by atoms with van der Waals surface area (Å²) in [6.07, 6.45) is 0.0186. The smallest absolute Gasteiger partial charge is 0.347 e. The average molecular weight is 1470 g/mol. The molecule has 0 aromatic carbocycles. The van der Waals surface area contributed by atoms with Crippen LogP contribution in [0.1, 0.15) is 182 Å². The molecule has 2 bridgehead atoms. The molecule has 104 heavy (non-hydrogen) atoms. The molecule has 3 aliphatic heterocycles. The van der Waals surface area contributed by atoms with E-state index in [-0.39, 0.29) is 82.2 Å². The van der Waals surface area contributed by atoms with Crippen molar-refractivity contribution < 1.29 is 79.5 Å². The molecule has 5 saturated carbocycles. The zero-order chi connectivity index (χ0) is 76.7. The zero-order valence-corrected chi connectivity index (χ0v) is 63.6. The van der Waals surface area contributed by atoms with Crippen molar-refractivity contribution in [1.82, 2.24) is 59.6 Å². The van der Waals surface area contributed by atoms with Gasteiger partial charge in [-0.15, -0.1) is 0 Å². The van der Waals surface area contributed by atoms with E-state index in [0.29, 0.717) is 38.0 Å². The number of carbonyl (C=O) groups is 12. The summed E-state index contributed by atoms with van der Waals surface area (Å²) in [6.45, 7) is 6.31. The number of hydrogen-bond acceptors (Lipinski definition) is 12. The lowest BCUT2D eigenvalue weighted by Crippen LogP contribution is -2.68. The van der Waals surface area contributed by atoms with E-state index < -0.39 is 199 Å². The van der Waals surface area contributed by atoms with E-state index in [9.17, 15) is 41.9 Å². The Balaban J connectivity index is 1.19. The maximum absolute atomic E-state index is 15.7. The Kier molecular flexibility index (Phi) is 28.0. The highest BCUT2D eigenvalue weighted by Gasteiger charge is 2.57. The van der Waals surface area contributed by atoms with Crippen LogP contribution in [0.25, 0.3) is 0 Å². The first-order chi connectivity index (χ1) is 48.9. The minimum atomic E-state index is -5.16. The fourth-order valence-electron chi connectivity index (χ4n) is 17.3. The molecule has 0 aromatic heterocycles. The van der Waals surface area contributed by atoms with Crippen LogP contribution in [0.2, 0.25) is 0 Å². The van der Waals surface area contributed by atoms with E-state index in [1.165, 1.54) is 108 Å². The maximum Gasteiger partial charge on any atom is 0.397 e. The Labute approximate surface area is 610 Å². The van der Waals surface area contributed by atoms with Gasteiger partial charge in [-0.05, 0) is 131 Å². The monoisotopic (exact) mass is 1470 g/mol. The van der Waals surface area contributed by atoms with Gasteiger partial charge in [-0.2, -0.15) is 13.2 Å². The Morgan fingerprint density at radius 2 is 1.21 bits per heavy atom. The molecule has 584 valence electrons. The summed E-state index contributed by atoms with van der Waals surface area (Å²) in [7, 11) is 12.9. The minimum Gasteiger partial charge on any atom is -0.347 e. The molecule has 12 amide bonds. The molecule has 0 aromatic rings. The van der Waals surface area contributed by atoms with E-state index in [1.807, 2.05) is 13.0 Å². The quantitative estimate of drug-likeness (QED) is 0.175. The summed E-state index contributed by atoms with van der Waals surface area (Å²) < 4.78 is 72.8. The van der Waals surface area contributed by atoms with Crippen LogP contribution in [0, 0.1) is 47.3 Å². The summed E-state index contributed by atoms with van der Waals surface area (Å²) in [5.41, 5.74) is -1.55. The molecule has 8 aliphatic rings. The molecule has 1 spiro atoms. The second-order valence-corrected chi connectivity index (χ2v) is 32.5. The first kappa shape index (κ1) is 82.7. The van der Waals surface area contributed by atoms with Crippen molar-refractivity contribution >= 4 is 70.9 Å². The fourth-order valence-corrected chi connectivity index (χ4v) is 17.3. The number of halogens is 5. The number of carbonyl (C=O) groups excluding carboxylic acids is 12. The summed E-state index contributed by atoms with van der Waals surface area (Å²) in [4.78, 5) is 194. The normalized spacial score (nSPS) is 33.3. The van der Waals surface area contributed by atoms with E-state index in [2.05, 4.69) is 17.6 Å². The lowest BCUT2D eigenvalue weighted by Gasteiger charge is -2.51. The first-order valence-electron chi connectivity index (χ1n) is 38.2. The fraction of sp³-hybridized carbons (Fsp3) is 0.813. The van der Waals surface area contributed by atoms with Crippen LogP contribution in [-0.2, 0) is 57.5 Å². The van der Waals surface area contributed by atoms with Crippen LogP contribution in [0.15, 0.2) is 12.2 Å². The van der Waals surface area contributed by atoms with Gasteiger partial charge in [-0.25, -0.2) is 8.78 Å². The third-order valence-corrected chi connectivity index (χ3v) is 24.7. The Hall–Kier alpha value is -6.97. The molecule has 12 atom stereocenters. The second-order valence-electron chi connectivity index (χ2n) is 32.5. The summed E-state index contributed by atoms with van der Waals surface area (Å²) in [5, 5.41) is 5.68. The van der Waals surface area contributed by atoms with Gasteiger partial charge in [0.1, 0.15) is 72.1 Å². The number of alkyl halides is 5. The lowest BCUT2D eigenvalue weighted by molar-refractivity contribution is -0.219. The van der Waals surface area contributed by atoms with Crippen molar-refractivity contribution in [2.45, 2.75) is 254 Å². The van der Waals surface area contributed by atoms with E-state index in [1.54, 1.807) is 19.9 Å². The standard InChI is InChI=1S/C75H117F5N12O12/c1-14-46(4)63-71(102)85(8)43-61(95)86(9)54-23-16-15-19-34-91(70(54)101)58(39-47-26-24-44(2)25-27-47)68(99)84(7)42-59(93)81-53(31-30-49-36-51(76)62(52(77)37-49)75(78,79)80)66(97)92-41-45(3)35-57(92)69(100)90(13)74(32-20-33-74)73(104)89(12)64(50-21-17-18-22-50)72(103)88(11)56(67(98)83(5)6)40-60(94)87(10)55(65(96)82-63)38-48-28-29-48/h15-16,44-58,62-64H,14,17-43H2,1-13H3,(H,81,93)(H,82,96)/b16-15-/t44?,45-,46+,47?,49?,51?,52?,53+,54+,55+,56+,57+,58+,62?,63+,64+/m1/s1. The Morgan fingerprint density at radius 3 is 1.78 bits per heavy atom. The Bertz CT molecular complexity index is 3140. The third-order valence-electron chi connectivity index (χ3n) is 24.7. The van der Waals surface area contributed by atoms with E-state index >= 15 is 37.5 Å². The van der Waals surface area contributed by atoms with Crippen molar-refractivity contribution in [3.63, 3.8) is 0 Å². The molecular weight excluding hydrogens is 1360 g/mol. The van der Waals surface area contributed by atoms with Crippen LogP contribution < -0.4 is 10.6 Å². The molecule has 8 rings (SSSR count). The molecule has 24 nitrogen and oxygen atoms in total. The van der Waals surface area contributed by atoms with Gasteiger partial charge in [0.25, 0.3) is 0 Å². The molecule has 2 unspecified atom stereocenters. The van der Waals surface area contributed by atoms with Crippen LogP contribution in [0.5, 0.6) is 0 Å². The number of rotatable bonds is 11. The van der Waals surface area contributed by atoms with Crippen molar-refractivity contribution in [1.29, 1.82) is 0 Å². The number of amides is 12. The molecule has 3 heterocycles. The Morgan fingerprint density at radius 1 is 0.615 bits per heavy atom. The lowest BCUT2D eigenvalue weighted by atomic mass is 9.73. The van der Waals surface area contributed by atoms with Crippen LogP contribution in [0.3, 0.4) is 0 Å².